The van der Waals surface area contributed by atoms with Gasteiger partial charge in [0, 0.05) is 6.54 Å². The van der Waals surface area contributed by atoms with Gasteiger partial charge < -0.3 is 5.32 Å². The van der Waals surface area contributed by atoms with Crippen molar-refractivity contribution in [1.29, 1.82) is 5.26 Å². The number of carbonyl (C=O) groups is 1. The number of hydrogen-bond donors (Lipinski definition) is 1. The van der Waals surface area contributed by atoms with Crippen LogP contribution in [-0.4, -0.2) is 33.7 Å². The van der Waals surface area contributed by atoms with Gasteiger partial charge in [-0.3, -0.25) is 9.10 Å². The van der Waals surface area contributed by atoms with Crippen LogP contribution in [-0.2, 0) is 10.0 Å². The van der Waals surface area contributed by atoms with Gasteiger partial charge in [0.1, 0.15) is 5.82 Å². The number of anilines is 1. The van der Waals surface area contributed by atoms with Crippen LogP contribution >= 0.6 is 11.6 Å². The first-order valence-corrected chi connectivity index (χ1v) is 9.66. The lowest BCUT2D eigenvalue weighted by molar-refractivity contribution is 0.0951. The maximum Gasteiger partial charge on any atom is 0.255 e. The van der Waals surface area contributed by atoms with Gasteiger partial charge in [-0.15, -0.1) is 0 Å². The van der Waals surface area contributed by atoms with Gasteiger partial charge in [-0.2, -0.15) is 5.26 Å². The zero-order valence-electron chi connectivity index (χ0n) is 13.7. The summed E-state index contributed by atoms with van der Waals surface area (Å²) in [5.41, 5.74) is 0.301. The summed E-state index contributed by atoms with van der Waals surface area (Å²) in [6, 6.07) is 11.9. The zero-order chi connectivity index (χ0) is 19.3. The van der Waals surface area contributed by atoms with Crippen LogP contribution in [0.25, 0.3) is 0 Å². The number of rotatable bonds is 6. The predicted molar refractivity (Wildman–Crippen MR) is 97.1 cm³/mol. The van der Waals surface area contributed by atoms with Gasteiger partial charge in [0.05, 0.1) is 40.7 Å². The van der Waals surface area contributed by atoms with E-state index in [1.54, 1.807) is 12.1 Å². The zero-order valence-corrected chi connectivity index (χ0v) is 15.3. The molecule has 0 spiro atoms. The molecule has 6 nitrogen and oxygen atoms in total. The Morgan fingerprint density at radius 2 is 2.00 bits per heavy atom. The molecule has 0 bridgehead atoms. The number of halogens is 2. The van der Waals surface area contributed by atoms with E-state index >= 15 is 0 Å². The fourth-order valence-corrected chi connectivity index (χ4v) is 3.46. The maximum absolute atomic E-state index is 13.7. The molecule has 0 aliphatic rings. The van der Waals surface area contributed by atoms with Crippen molar-refractivity contribution in [2.75, 3.05) is 23.7 Å². The topological polar surface area (TPSA) is 90.3 Å². The third kappa shape index (κ3) is 4.71. The second-order valence-electron chi connectivity index (χ2n) is 5.35. The molecule has 0 aliphatic heterocycles. The van der Waals surface area contributed by atoms with E-state index in [-0.39, 0.29) is 23.7 Å². The SMILES string of the molecule is CS(=O)(=O)N(CCNC(=O)c1c(F)cccc1Cl)c1cccc(C#N)c1. The van der Waals surface area contributed by atoms with E-state index in [0.717, 1.165) is 16.6 Å². The van der Waals surface area contributed by atoms with Crippen molar-refractivity contribution in [3.05, 3.63) is 64.4 Å². The number of nitrogens with zero attached hydrogens (tertiary/aromatic N) is 2. The Bertz CT molecular complexity index is 953. The van der Waals surface area contributed by atoms with Crippen LogP contribution in [0.5, 0.6) is 0 Å². The number of nitrogens with one attached hydrogen (secondary N) is 1. The summed E-state index contributed by atoms with van der Waals surface area (Å²) in [6.07, 6.45) is 1.02. The standard InChI is InChI=1S/C17H15ClFN3O3S/c1-26(24,25)22(13-5-2-4-12(10-13)11-20)9-8-21-17(23)16-14(18)6-3-7-15(16)19/h2-7,10H,8-9H2,1H3,(H,21,23). The third-order valence-corrected chi connectivity index (χ3v) is 4.96. The molecular weight excluding hydrogens is 381 g/mol. The fourth-order valence-electron chi connectivity index (χ4n) is 2.29. The summed E-state index contributed by atoms with van der Waals surface area (Å²) in [6.45, 7) is -0.168. The molecular formula is C17H15ClFN3O3S. The molecule has 0 saturated carbocycles. The monoisotopic (exact) mass is 395 g/mol. The average molecular weight is 396 g/mol. The minimum atomic E-state index is -3.65. The number of hydrogen-bond acceptors (Lipinski definition) is 4. The summed E-state index contributed by atoms with van der Waals surface area (Å²) < 4.78 is 38.9. The molecule has 0 atom stereocenters. The van der Waals surface area contributed by atoms with Crippen molar-refractivity contribution in [2.45, 2.75) is 0 Å². The van der Waals surface area contributed by atoms with E-state index in [1.165, 1.54) is 24.3 Å². The molecule has 0 radical (unpaired) electrons. The normalized spacial score (nSPS) is 10.8. The lowest BCUT2D eigenvalue weighted by Crippen LogP contribution is -2.38. The largest absolute Gasteiger partial charge is 0.350 e. The molecule has 2 rings (SSSR count). The molecule has 0 aromatic heterocycles. The van der Waals surface area contributed by atoms with Gasteiger partial charge >= 0.3 is 0 Å². The van der Waals surface area contributed by atoms with Crippen molar-refractivity contribution >= 4 is 33.2 Å². The first-order valence-electron chi connectivity index (χ1n) is 7.44. The first-order chi connectivity index (χ1) is 12.2. The average Bonchev–Trinajstić information content (AvgIpc) is 2.57. The van der Waals surface area contributed by atoms with Crippen molar-refractivity contribution in [1.82, 2.24) is 5.32 Å². The number of benzene rings is 2. The number of nitriles is 1. The van der Waals surface area contributed by atoms with Crippen LogP contribution < -0.4 is 9.62 Å². The second-order valence-corrected chi connectivity index (χ2v) is 7.66. The summed E-state index contributed by atoms with van der Waals surface area (Å²) in [7, 11) is -3.65. The molecule has 26 heavy (non-hydrogen) atoms. The number of sulfonamides is 1. The molecule has 0 saturated heterocycles. The fraction of sp³-hybridized carbons (Fsp3) is 0.176. The van der Waals surface area contributed by atoms with Crippen molar-refractivity contribution in [2.24, 2.45) is 0 Å². The summed E-state index contributed by atoms with van der Waals surface area (Å²) in [5.74, 6) is -1.51. The molecule has 0 heterocycles. The minimum absolute atomic E-state index is 0.0378. The summed E-state index contributed by atoms with van der Waals surface area (Å²) in [4.78, 5) is 12.1. The maximum atomic E-state index is 13.7. The Hall–Kier alpha value is -2.63. The molecule has 0 aliphatic carbocycles. The van der Waals surface area contributed by atoms with Gasteiger partial charge in [0.15, 0.2) is 0 Å². The number of carbonyl (C=O) groups excluding carboxylic acids is 1. The van der Waals surface area contributed by atoms with E-state index in [0.29, 0.717) is 11.3 Å². The summed E-state index contributed by atoms with van der Waals surface area (Å²) >= 11 is 5.83. The molecule has 9 heteroatoms. The van der Waals surface area contributed by atoms with Crippen LogP contribution in [0.3, 0.4) is 0 Å². The van der Waals surface area contributed by atoms with Crippen LogP contribution in [0.2, 0.25) is 5.02 Å². The van der Waals surface area contributed by atoms with Crippen molar-refractivity contribution in [3.8, 4) is 6.07 Å². The van der Waals surface area contributed by atoms with Gasteiger partial charge in [-0.05, 0) is 30.3 Å². The molecule has 2 aromatic carbocycles. The van der Waals surface area contributed by atoms with Gasteiger partial charge in [0.25, 0.3) is 5.91 Å². The van der Waals surface area contributed by atoms with Crippen LogP contribution in [0, 0.1) is 17.1 Å². The molecule has 0 fully saturated rings. The highest BCUT2D eigenvalue weighted by atomic mass is 35.5. The van der Waals surface area contributed by atoms with Crippen LogP contribution in [0.15, 0.2) is 42.5 Å². The minimum Gasteiger partial charge on any atom is -0.350 e. The Morgan fingerprint density at radius 3 is 2.62 bits per heavy atom. The van der Waals surface area contributed by atoms with Crippen molar-refractivity contribution in [3.63, 3.8) is 0 Å². The molecule has 0 unspecified atom stereocenters. The highest BCUT2D eigenvalue weighted by Crippen LogP contribution is 2.20. The van der Waals surface area contributed by atoms with Crippen LogP contribution in [0.4, 0.5) is 10.1 Å². The van der Waals surface area contributed by atoms with E-state index in [9.17, 15) is 17.6 Å². The highest BCUT2D eigenvalue weighted by molar-refractivity contribution is 7.92. The highest BCUT2D eigenvalue weighted by Gasteiger charge is 2.19. The Balaban J connectivity index is 2.14. The predicted octanol–water partition coefficient (Wildman–Crippen LogP) is 2.55. The first kappa shape index (κ1) is 19.7. The third-order valence-electron chi connectivity index (χ3n) is 3.45. The Morgan fingerprint density at radius 1 is 1.31 bits per heavy atom. The van der Waals surface area contributed by atoms with Crippen molar-refractivity contribution < 1.29 is 17.6 Å². The second kappa shape index (κ2) is 8.17. The lowest BCUT2D eigenvalue weighted by Gasteiger charge is -2.22. The van der Waals surface area contributed by atoms with Gasteiger partial charge in [0.2, 0.25) is 10.0 Å². The Kier molecular flexibility index (Phi) is 6.18. The molecule has 1 amide bonds. The van der Waals surface area contributed by atoms with E-state index in [4.69, 9.17) is 16.9 Å². The smallest absolute Gasteiger partial charge is 0.255 e. The molecule has 2 aromatic rings. The van der Waals surface area contributed by atoms with Crippen LogP contribution in [0.1, 0.15) is 15.9 Å². The van der Waals surface area contributed by atoms with E-state index in [1.807, 2.05) is 6.07 Å². The molecule has 136 valence electrons. The Labute approximate surface area is 155 Å². The number of amides is 1. The van der Waals surface area contributed by atoms with Gasteiger partial charge in [-0.25, -0.2) is 12.8 Å². The lowest BCUT2D eigenvalue weighted by atomic mass is 10.2. The van der Waals surface area contributed by atoms with E-state index < -0.39 is 21.7 Å². The quantitative estimate of drug-likeness (QED) is 0.813. The van der Waals surface area contributed by atoms with E-state index in [2.05, 4.69) is 5.32 Å². The summed E-state index contributed by atoms with van der Waals surface area (Å²) in [5, 5.41) is 11.4. The van der Waals surface area contributed by atoms with Gasteiger partial charge in [-0.1, -0.05) is 23.7 Å². The molecule has 1 N–H and O–H groups in total.